The van der Waals surface area contributed by atoms with E-state index in [2.05, 4.69) is 30.6 Å². The Kier molecular flexibility index (Phi) is 8.15. The number of nitrogens with zero attached hydrogens (tertiary/aromatic N) is 7. The Labute approximate surface area is 235 Å². The standard InChI is InChI=1S/C28H21F4N7O3/c29-21-7-9-23(24(30)12-21)27(40,17-39-18-35-37-38-39)28(31,32)25-10-8-22(15-33-25)42-26-11-6-20(13-34-26)14-36-41-16-19-4-2-1-3-5-19/h1-15,18,40H,16-17H2/b36-14+. The molecule has 3 heterocycles. The van der Waals surface area contributed by atoms with Crippen molar-refractivity contribution in [1.82, 2.24) is 30.2 Å². The molecule has 0 spiro atoms. The number of hydrogen-bond acceptors (Lipinski definition) is 9. The molecule has 5 aromatic rings. The zero-order valence-corrected chi connectivity index (χ0v) is 21.6. The molecule has 1 unspecified atom stereocenters. The largest absolute Gasteiger partial charge is 0.437 e. The first-order chi connectivity index (χ1) is 20.2. The Bertz CT molecular complexity index is 1640. The SMILES string of the molecule is OC(Cn1cnnn1)(c1ccc(F)cc1F)C(F)(F)c1ccc(Oc2ccc(/C=N/OCc3ccccc3)cn2)cn1. The van der Waals surface area contributed by atoms with Gasteiger partial charge in [-0.1, -0.05) is 35.5 Å². The lowest BCUT2D eigenvalue weighted by Crippen LogP contribution is -2.48. The van der Waals surface area contributed by atoms with Crippen molar-refractivity contribution in [1.29, 1.82) is 0 Å². The minimum atomic E-state index is -4.20. The Hall–Kier alpha value is -5.24. The smallest absolute Gasteiger partial charge is 0.323 e. The highest BCUT2D eigenvalue weighted by molar-refractivity contribution is 5.78. The molecule has 214 valence electrons. The minimum absolute atomic E-state index is 0.0617. The summed E-state index contributed by atoms with van der Waals surface area (Å²) in [6, 6.07) is 16.7. The van der Waals surface area contributed by atoms with E-state index in [-0.39, 0.29) is 11.6 Å². The lowest BCUT2D eigenvalue weighted by molar-refractivity contribution is -0.207. The zero-order chi connectivity index (χ0) is 29.6. The molecule has 0 aliphatic heterocycles. The van der Waals surface area contributed by atoms with E-state index in [9.17, 15) is 13.9 Å². The normalized spacial score (nSPS) is 13.2. The molecule has 2 aromatic carbocycles. The number of aromatic nitrogens is 6. The summed E-state index contributed by atoms with van der Waals surface area (Å²) in [4.78, 5) is 13.1. The lowest BCUT2D eigenvalue weighted by atomic mass is 9.84. The average molecular weight is 580 g/mol. The number of halogens is 4. The average Bonchev–Trinajstić information content (AvgIpc) is 3.50. The Morgan fingerprint density at radius 2 is 1.79 bits per heavy atom. The van der Waals surface area contributed by atoms with Crippen molar-refractivity contribution in [3.8, 4) is 11.6 Å². The number of rotatable bonds is 11. The summed E-state index contributed by atoms with van der Waals surface area (Å²) < 4.78 is 66.3. The van der Waals surface area contributed by atoms with Crippen LogP contribution in [0.3, 0.4) is 0 Å². The Morgan fingerprint density at radius 1 is 0.952 bits per heavy atom. The van der Waals surface area contributed by atoms with Crippen LogP contribution in [0.5, 0.6) is 11.6 Å². The van der Waals surface area contributed by atoms with E-state index in [1.165, 1.54) is 24.5 Å². The highest BCUT2D eigenvalue weighted by atomic mass is 19.3. The van der Waals surface area contributed by atoms with Crippen LogP contribution < -0.4 is 4.74 Å². The lowest BCUT2D eigenvalue weighted by Gasteiger charge is -2.35. The van der Waals surface area contributed by atoms with Gasteiger partial charge >= 0.3 is 5.92 Å². The van der Waals surface area contributed by atoms with Gasteiger partial charge in [0, 0.05) is 29.5 Å². The van der Waals surface area contributed by atoms with E-state index >= 15 is 8.78 Å². The van der Waals surface area contributed by atoms with E-state index in [0.717, 1.165) is 41.0 Å². The van der Waals surface area contributed by atoms with Gasteiger partial charge in [0.05, 0.1) is 19.0 Å². The molecular formula is C28H21F4N7O3. The number of hydrogen-bond donors (Lipinski definition) is 1. The maximum absolute atomic E-state index is 15.9. The van der Waals surface area contributed by atoms with Crippen LogP contribution in [0.4, 0.5) is 17.6 Å². The molecule has 5 rings (SSSR count). The van der Waals surface area contributed by atoms with Crippen molar-refractivity contribution in [3.05, 3.63) is 126 Å². The van der Waals surface area contributed by atoms with Crippen LogP contribution in [0.1, 0.15) is 22.4 Å². The molecule has 0 aliphatic rings. The van der Waals surface area contributed by atoms with Gasteiger partial charge in [0.1, 0.15) is 36.0 Å². The summed E-state index contributed by atoms with van der Waals surface area (Å²) in [5, 5.41) is 25.3. The van der Waals surface area contributed by atoms with Crippen molar-refractivity contribution >= 4 is 6.21 Å². The zero-order valence-electron chi connectivity index (χ0n) is 21.6. The number of aliphatic hydroxyl groups is 1. The molecule has 1 N–H and O–H groups in total. The third kappa shape index (κ3) is 6.23. The fourth-order valence-corrected chi connectivity index (χ4v) is 3.94. The minimum Gasteiger partial charge on any atom is -0.437 e. The van der Waals surface area contributed by atoms with Crippen LogP contribution in [0.15, 0.2) is 96.7 Å². The van der Waals surface area contributed by atoms with Crippen molar-refractivity contribution in [2.45, 2.75) is 24.7 Å². The van der Waals surface area contributed by atoms with Crippen LogP contribution >= 0.6 is 0 Å². The summed E-state index contributed by atoms with van der Waals surface area (Å²) in [6.07, 6.45) is 4.90. The van der Waals surface area contributed by atoms with Gasteiger partial charge in [-0.05, 0) is 46.3 Å². The molecule has 10 nitrogen and oxygen atoms in total. The number of benzene rings is 2. The quantitative estimate of drug-likeness (QED) is 0.135. The molecule has 0 bridgehead atoms. The van der Waals surface area contributed by atoms with Crippen molar-refractivity contribution in [2.24, 2.45) is 5.16 Å². The molecule has 0 aliphatic carbocycles. The van der Waals surface area contributed by atoms with Gasteiger partial charge in [-0.15, -0.1) is 5.10 Å². The molecule has 3 aromatic heterocycles. The van der Waals surface area contributed by atoms with Crippen LogP contribution in [-0.4, -0.2) is 41.5 Å². The van der Waals surface area contributed by atoms with E-state index in [1.54, 1.807) is 6.07 Å². The predicted molar refractivity (Wildman–Crippen MR) is 139 cm³/mol. The fraction of sp³-hybridized carbons (Fsp3) is 0.143. The maximum Gasteiger partial charge on any atom is 0.323 e. The molecule has 1 atom stereocenters. The Morgan fingerprint density at radius 3 is 2.45 bits per heavy atom. The molecule has 0 radical (unpaired) electrons. The van der Waals surface area contributed by atoms with Gasteiger partial charge in [-0.25, -0.2) is 18.4 Å². The number of alkyl halides is 2. The summed E-state index contributed by atoms with van der Waals surface area (Å²) >= 11 is 0. The highest BCUT2D eigenvalue weighted by Gasteiger charge is 2.58. The molecule has 0 fully saturated rings. The van der Waals surface area contributed by atoms with Gasteiger partial charge in [-0.3, -0.25) is 4.98 Å². The van der Waals surface area contributed by atoms with Crippen molar-refractivity contribution in [2.75, 3.05) is 0 Å². The third-order valence-electron chi connectivity index (χ3n) is 6.07. The first kappa shape index (κ1) is 28.3. The summed E-state index contributed by atoms with van der Waals surface area (Å²) in [5.74, 6) is -6.38. The van der Waals surface area contributed by atoms with Gasteiger partial charge < -0.3 is 14.7 Å². The predicted octanol–water partition coefficient (Wildman–Crippen LogP) is 4.76. The van der Waals surface area contributed by atoms with Crippen molar-refractivity contribution in [3.63, 3.8) is 0 Å². The number of tetrazole rings is 1. The molecule has 14 heteroatoms. The second-order valence-electron chi connectivity index (χ2n) is 8.97. The molecule has 0 amide bonds. The molecule has 0 saturated heterocycles. The van der Waals surface area contributed by atoms with Crippen LogP contribution in [0, 0.1) is 11.6 Å². The maximum atomic E-state index is 15.9. The van der Waals surface area contributed by atoms with Crippen LogP contribution in [0.2, 0.25) is 0 Å². The van der Waals surface area contributed by atoms with Gasteiger partial charge in [0.2, 0.25) is 5.88 Å². The highest BCUT2D eigenvalue weighted by Crippen LogP contribution is 2.46. The van der Waals surface area contributed by atoms with Crippen LogP contribution in [0.25, 0.3) is 0 Å². The second kappa shape index (κ2) is 12.1. The first-order valence-electron chi connectivity index (χ1n) is 12.3. The van der Waals surface area contributed by atoms with Gasteiger partial charge in [0.15, 0.2) is 5.60 Å². The van der Waals surface area contributed by atoms with E-state index in [4.69, 9.17) is 9.57 Å². The fourth-order valence-electron chi connectivity index (χ4n) is 3.94. The summed E-state index contributed by atoms with van der Waals surface area (Å²) in [6.45, 7) is -0.658. The molecular weight excluding hydrogens is 558 g/mol. The van der Waals surface area contributed by atoms with Crippen LogP contribution in [-0.2, 0) is 29.5 Å². The third-order valence-corrected chi connectivity index (χ3v) is 6.07. The van der Waals surface area contributed by atoms with E-state index in [0.29, 0.717) is 18.2 Å². The first-order valence-corrected chi connectivity index (χ1v) is 12.3. The monoisotopic (exact) mass is 579 g/mol. The van der Waals surface area contributed by atoms with E-state index in [1.807, 2.05) is 30.3 Å². The van der Waals surface area contributed by atoms with Crippen molar-refractivity contribution < 1.29 is 32.2 Å². The topological polar surface area (TPSA) is 120 Å². The van der Waals surface area contributed by atoms with Gasteiger partial charge in [-0.2, -0.15) is 8.78 Å². The molecule has 42 heavy (non-hydrogen) atoms. The Balaban J connectivity index is 1.29. The second-order valence-corrected chi connectivity index (χ2v) is 8.97. The van der Waals surface area contributed by atoms with Gasteiger partial charge in [0.25, 0.3) is 0 Å². The number of ether oxygens (including phenoxy) is 1. The molecule has 0 saturated carbocycles. The van der Waals surface area contributed by atoms with E-state index < -0.39 is 41.0 Å². The number of oxime groups is 1. The summed E-state index contributed by atoms with van der Waals surface area (Å²) in [7, 11) is 0. The number of pyridine rings is 2. The summed E-state index contributed by atoms with van der Waals surface area (Å²) in [5.41, 5.74) is -3.44.